The van der Waals surface area contributed by atoms with E-state index in [-0.39, 0.29) is 5.97 Å². The summed E-state index contributed by atoms with van der Waals surface area (Å²) >= 11 is 0. The molecule has 2 nitrogen and oxygen atoms in total. The van der Waals surface area contributed by atoms with Gasteiger partial charge in [0.25, 0.3) is 0 Å². The zero-order valence-electron chi connectivity index (χ0n) is 25.8. The van der Waals surface area contributed by atoms with Crippen molar-refractivity contribution in [3.05, 3.63) is 53.6 Å². The second-order valence-corrected chi connectivity index (χ2v) is 12.9. The van der Waals surface area contributed by atoms with Gasteiger partial charge >= 0.3 is 5.97 Å². The van der Waals surface area contributed by atoms with Crippen molar-refractivity contribution in [2.75, 3.05) is 0 Å². The Labute approximate surface area is 251 Å². The van der Waals surface area contributed by atoms with Crippen LogP contribution in [0, 0.1) is 24.2 Å². The topological polar surface area (TPSA) is 26.3 Å². The molecule has 2 aliphatic carbocycles. The largest absolute Gasteiger partial charge is 0.425 e. The van der Waals surface area contributed by atoms with Crippen LogP contribution in [0.25, 0.3) is 11.1 Å². The smallest absolute Gasteiger partial charge is 0.311 e. The van der Waals surface area contributed by atoms with Gasteiger partial charge in [-0.25, -0.2) is 0 Å². The molecule has 0 amide bonds. The first-order valence-corrected chi connectivity index (χ1v) is 17.1. The number of terminal acetylenes is 1. The highest BCUT2D eigenvalue weighted by molar-refractivity contribution is 5.78. The minimum atomic E-state index is -0.179. The van der Waals surface area contributed by atoms with Crippen molar-refractivity contribution < 1.29 is 9.53 Å². The first-order valence-electron chi connectivity index (χ1n) is 17.1. The Morgan fingerprint density at radius 2 is 1.41 bits per heavy atom. The average Bonchev–Trinajstić information content (AvgIpc) is 3.53. The second kappa shape index (κ2) is 17.4. The lowest BCUT2D eigenvalue weighted by Crippen LogP contribution is -2.13. The number of esters is 1. The van der Waals surface area contributed by atoms with Gasteiger partial charge in [-0.05, 0) is 67.1 Å². The van der Waals surface area contributed by atoms with Crippen LogP contribution < -0.4 is 4.74 Å². The van der Waals surface area contributed by atoms with E-state index in [1.165, 1.54) is 115 Å². The maximum absolute atomic E-state index is 12.6. The van der Waals surface area contributed by atoms with E-state index in [2.05, 4.69) is 37.1 Å². The molecule has 0 aromatic heterocycles. The predicted octanol–water partition coefficient (Wildman–Crippen LogP) is 11.4. The molecule has 2 aliphatic rings. The molecule has 0 heterocycles. The van der Waals surface area contributed by atoms with E-state index in [1.54, 1.807) is 0 Å². The van der Waals surface area contributed by atoms with Crippen molar-refractivity contribution in [1.29, 1.82) is 0 Å². The van der Waals surface area contributed by atoms with Crippen molar-refractivity contribution in [3.8, 4) is 29.2 Å². The minimum absolute atomic E-state index is 0.179. The molecule has 0 aliphatic heterocycles. The fraction of sp³-hybridized carbons (Fsp3) is 0.615. The number of ether oxygens (including phenoxy) is 1. The van der Waals surface area contributed by atoms with Crippen molar-refractivity contribution in [3.63, 3.8) is 0 Å². The third-order valence-electron chi connectivity index (χ3n) is 9.87. The Balaban J connectivity index is 1.23. The van der Waals surface area contributed by atoms with Crippen molar-refractivity contribution in [2.24, 2.45) is 11.8 Å². The number of unbranched alkanes of at least 4 members (excludes halogenated alkanes) is 7. The van der Waals surface area contributed by atoms with Crippen LogP contribution >= 0.6 is 0 Å². The first kappa shape index (κ1) is 31.4. The summed E-state index contributed by atoms with van der Waals surface area (Å²) in [5.74, 6) is 5.70. The van der Waals surface area contributed by atoms with Gasteiger partial charge in [-0.2, -0.15) is 0 Å². The highest BCUT2D eigenvalue weighted by atomic mass is 16.5. The monoisotopic (exact) mass is 554 g/mol. The van der Waals surface area contributed by atoms with Crippen molar-refractivity contribution in [1.82, 2.24) is 0 Å². The van der Waals surface area contributed by atoms with Gasteiger partial charge in [-0.1, -0.05) is 139 Å². The lowest BCUT2D eigenvalue weighted by atomic mass is 9.77. The van der Waals surface area contributed by atoms with E-state index < -0.39 is 0 Å². The number of hydrogen-bond donors (Lipinski definition) is 0. The average molecular weight is 555 g/mol. The number of carbonyl (C=O) groups is 1. The summed E-state index contributed by atoms with van der Waals surface area (Å²) in [6.45, 7) is 2.29. The van der Waals surface area contributed by atoms with Crippen LogP contribution in [-0.2, 0) is 4.79 Å². The summed E-state index contributed by atoms with van der Waals surface area (Å²) in [6.07, 6.45) is 31.7. The third-order valence-corrected chi connectivity index (χ3v) is 9.87. The number of rotatable bonds is 16. The summed E-state index contributed by atoms with van der Waals surface area (Å²) in [5.41, 5.74) is 4.17. The molecule has 0 bridgehead atoms. The van der Waals surface area contributed by atoms with E-state index in [0.717, 1.165) is 35.8 Å². The first-order chi connectivity index (χ1) is 20.2. The molecule has 4 rings (SSSR count). The van der Waals surface area contributed by atoms with E-state index in [4.69, 9.17) is 11.2 Å². The molecule has 0 N–H and O–H groups in total. The van der Waals surface area contributed by atoms with E-state index in [9.17, 15) is 4.79 Å². The molecule has 2 saturated carbocycles. The van der Waals surface area contributed by atoms with Gasteiger partial charge in [0.15, 0.2) is 0 Å². The second-order valence-electron chi connectivity index (χ2n) is 12.9. The third kappa shape index (κ3) is 10.1. The van der Waals surface area contributed by atoms with Crippen LogP contribution in [0.2, 0.25) is 0 Å². The van der Waals surface area contributed by atoms with Crippen LogP contribution in [-0.4, -0.2) is 5.97 Å². The Hall–Kier alpha value is -2.53. The maximum atomic E-state index is 12.6. The molecule has 2 aromatic carbocycles. The zero-order chi connectivity index (χ0) is 28.7. The summed E-state index contributed by atoms with van der Waals surface area (Å²) in [4.78, 5) is 12.6. The van der Waals surface area contributed by atoms with Crippen LogP contribution in [0.5, 0.6) is 5.75 Å². The number of carbonyl (C=O) groups excluding carboxylic acids is 1. The molecular formula is C39H54O2. The molecular weight excluding hydrogens is 500 g/mol. The van der Waals surface area contributed by atoms with Gasteiger partial charge in [0.1, 0.15) is 5.75 Å². The number of benzene rings is 2. The van der Waals surface area contributed by atoms with E-state index in [0.29, 0.717) is 23.7 Å². The summed E-state index contributed by atoms with van der Waals surface area (Å²) in [7, 11) is 0. The van der Waals surface area contributed by atoms with Gasteiger partial charge in [0.2, 0.25) is 0 Å². The highest BCUT2D eigenvalue weighted by Crippen LogP contribution is 2.39. The molecule has 0 saturated heterocycles. The molecule has 0 atom stereocenters. The molecule has 0 unspecified atom stereocenters. The fourth-order valence-electron chi connectivity index (χ4n) is 7.29. The number of hydrogen-bond acceptors (Lipinski definition) is 2. The summed E-state index contributed by atoms with van der Waals surface area (Å²) in [6, 6.07) is 14.8. The van der Waals surface area contributed by atoms with E-state index in [1.807, 2.05) is 18.2 Å². The highest BCUT2D eigenvalue weighted by Gasteiger charge is 2.22. The Bertz CT molecular complexity index is 1080. The van der Waals surface area contributed by atoms with Gasteiger partial charge in [0, 0.05) is 12.0 Å². The Morgan fingerprint density at radius 1 is 0.780 bits per heavy atom. The van der Waals surface area contributed by atoms with Crippen molar-refractivity contribution in [2.45, 2.75) is 141 Å². The normalized spacial score (nSPS) is 19.2. The van der Waals surface area contributed by atoms with Crippen LogP contribution in [0.15, 0.2) is 42.5 Å². The maximum Gasteiger partial charge on any atom is 0.311 e. The zero-order valence-corrected chi connectivity index (χ0v) is 25.8. The Kier molecular flexibility index (Phi) is 13.4. The molecule has 0 spiro atoms. The van der Waals surface area contributed by atoms with Gasteiger partial charge in [-0.15, -0.1) is 6.42 Å². The SMILES string of the molecule is C#Cc1c(OC(=O)CCCCCCC2CCCC2)cccc1-c1ccc([C@H]2CC[C@H](CCCCCCC)CC2)cc1. The van der Waals surface area contributed by atoms with Crippen LogP contribution in [0.3, 0.4) is 0 Å². The minimum Gasteiger partial charge on any atom is -0.425 e. The fourth-order valence-corrected chi connectivity index (χ4v) is 7.29. The summed E-state index contributed by atoms with van der Waals surface area (Å²) < 4.78 is 5.78. The molecule has 41 heavy (non-hydrogen) atoms. The van der Waals surface area contributed by atoms with Gasteiger partial charge in [-0.3, -0.25) is 4.79 Å². The molecule has 2 aromatic rings. The van der Waals surface area contributed by atoms with Crippen LogP contribution in [0.4, 0.5) is 0 Å². The quantitative estimate of drug-likeness (QED) is 0.0892. The van der Waals surface area contributed by atoms with Gasteiger partial charge < -0.3 is 4.74 Å². The van der Waals surface area contributed by atoms with E-state index >= 15 is 0 Å². The molecule has 0 radical (unpaired) electrons. The predicted molar refractivity (Wildman–Crippen MR) is 173 cm³/mol. The van der Waals surface area contributed by atoms with Crippen LogP contribution in [0.1, 0.15) is 152 Å². The summed E-state index contributed by atoms with van der Waals surface area (Å²) in [5, 5.41) is 0. The molecule has 2 heteroatoms. The standard InChI is InChI=1S/C39H54O2/c1-3-5-6-7-10-17-32-23-25-33(26-24-32)34-27-29-35(30-28-34)37-20-15-21-38(36(37)4-2)41-39(40)22-12-9-8-11-16-31-18-13-14-19-31/h2,15,20-21,27-33H,3,5-14,16-19,22-26H2,1H3/t32-,33-. The molecule has 2 fully saturated rings. The Morgan fingerprint density at radius 3 is 2.07 bits per heavy atom. The van der Waals surface area contributed by atoms with Gasteiger partial charge in [0.05, 0.1) is 5.56 Å². The lowest BCUT2D eigenvalue weighted by Gasteiger charge is -2.29. The van der Waals surface area contributed by atoms with Crippen molar-refractivity contribution >= 4 is 5.97 Å². The molecule has 222 valence electrons. The lowest BCUT2D eigenvalue weighted by molar-refractivity contribution is -0.134.